The van der Waals surface area contributed by atoms with Crippen LogP contribution in [0.4, 0.5) is 5.69 Å². The predicted octanol–water partition coefficient (Wildman–Crippen LogP) is 2.15. The molecular weight excluding hydrogens is 254 g/mol. The first kappa shape index (κ1) is 14.9. The van der Waals surface area contributed by atoms with Gasteiger partial charge in [0.05, 0.1) is 0 Å². The zero-order valence-electron chi connectivity index (χ0n) is 11.0. The van der Waals surface area contributed by atoms with E-state index in [1.54, 1.807) is 0 Å². The number of hydrogen-bond donors (Lipinski definition) is 2. The van der Waals surface area contributed by atoms with Crippen LogP contribution in [-0.2, 0) is 15.8 Å². The quantitative estimate of drug-likeness (QED) is 0.708. The van der Waals surface area contributed by atoms with Crippen LogP contribution in [0.15, 0.2) is 24.3 Å². The molecular formula is C12H19NO4S. The topological polar surface area (TPSA) is 77.8 Å². The Bertz CT molecular complexity index is 517. The highest BCUT2D eigenvalue weighted by Gasteiger charge is 2.39. The fraction of sp³-hybridized carbons (Fsp3) is 0.500. The molecule has 1 aliphatic heterocycles. The summed E-state index contributed by atoms with van der Waals surface area (Å²) >= 11 is 0. The molecule has 0 fully saturated rings. The second-order valence-corrected chi connectivity index (χ2v) is 5.87. The maximum atomic E-state index is 8.74. The van der Waals surface area contributed by atoms with E-state index in [9.17, 15) is 0 Å². The van der Waals surface area contributed by atoms with E-state index >= 15 is 0 Å². The van der Waals surface area contributed by atoms with Gasteiger partial charge in [0.25, 0.3) is 0 Å². The van der Waals surface area contributed by atoms with Crippen LogP contribution in [0.3, 0.4) is 0 Å². The van der Waals surface area contributed by atoms with Crippen molar-refractivity contribution in [3.63, 3.8) is 0 Å². The molecule has 1 aliphatic rings. The molecule has 102 valence electrons. The predicted molar refractivity (Wildman–Crippen MR) is 71.5 cm³/mol. The number of rotatable bonds is 0. The normalized spacial score (nSPS) is 21.0. The first-order valence-corrected chi connectivity index (χ1v) is 6.97. The molecule has 5 nitrogen and oxygen atoms in total. The van der Waals surface area contributed by atoms with Gasteiger partial charge in [-0.05, 0) is 18.6 Å². The summed E-state index contributed by atoms with van der Waals surface area (Å²) < 4.78 is 31.6. The molecule has 0 saturated heterocycles. The van der Waals surface area contributed by atoms with Gasteiger partial charge in [-0.15, -0.1) is 0 Å². The van der Waals surface area contributed by atoms with Crippen LogP contribution >= 0.6 is 0 Å². The van der Waals surface area contributed by atoms with Crippen molar-refractivity contribution in [2.24, 2.45) is 0 Å². The third-order valence-electron chi connectivity index (χ3n) is 3.60. The fourth-order valence-corrected chi connectivity index (χ4v) is 2.24. The molecule has 1 aromatic rings. The lowest BCUT2D eigenvalue weighted by Crippen LogP contribution is -2.36. The molecule has 0 radical (unpaired) electrons. The number of anilines is 1. The maximum Gasteiger partial charge on any atom is 0.394 e. The Hall–Kier alpha value is -1.11. The van der Waals surface area contributed by atoms with Gasteiger partial charge in [0.2, 0.25) is 0 Å². The van der Waals surface area contributed by atoms with Gasteiger partial charge in [0.15, 0.2) is 0 Å². The van der Waals surface area contributed by atoms with E-state index in [0.717, 1.165) is 0 Å². The molecule has 0 aliphatic carbocycles. The molecule has 0 aromatic heterocycles. The van der Waals surface area contributed by atoms with Crippen molar-refractivity contribution in [1.82, 2.24) is 0 Å². The summed E-state index contributed by atoms with van der Waals surface area (Å²) in [7, 11) is -2.49. The van der Waals surface area contributed by atoms with Gasteiger partial charge in [-0.1, -0.05) is 32.0 Å². The summed E-state index contributed by atoms with van der Waals surface area (Å²) in [4.78, 5) is 2.37. The minimum Gasteiger partial charge on any atom is -0.371 e. The molecule has 0 spiro atoms. The Morgan fingerprint density at radius 3 is 2.11 bits per heavy atom. The molecule has 0 bridgehead atoms. The molecule has 1 aromatic carbocycles. The summed E-state index contributed by atoms with van der Waals surface area (Å²) in [6, 6.07) is 9.29. The first-order valence-electron chi connectivity index (χ1n) is 5.57. The van der Waals surface area contributed by atoms with Crippen molar-refractivity contribution in [2.75, 3.05) is 11.9 Å². The molecule has 0 saturated carbocycles. The molecule has 2 rings (SSSR count). The Balaban J connectivity index is 0.000000280. The minimum atomic E-state index is -4.67. The Morgan fingerprint density at radius 1 is 1.22 bits per heavy atom. The van der Waals surface area contributed by atoms with E-state index < -0.39 is 10.4 Å². The standard InChI is InChI=1S/C12H17N.H2O4S/c1-9-12(2,3)10-7-5-6-8-11(10)13(9)4;1-5(2,3)4/h5-9H,1-4H3;(H2,1,2,3,4). The van der Waals surface area contributed by atoms with Crippen LogP contribution in [0.1, 0.15) is 26.3 Å². The van der Waals surface area contributed by atoms with Crippen LogP contribution in [0.2, 0.25) is 0 Å². The summed E-state index contributed by atoms with van der Waals surface area (Å²) in [6.07, 6.45) is 0. The Morgan fingerprint density at radius 2 is 1.67 bits per heavy atom. The van der Waals surface area contributed by atoms with Gasteiger partial charge in [0, 0.05) is 24.2 Å². The third kappa shape index (κ3) is 3.22. The lowest BCUT2D eigenvalue weighted by atomic mass is 9.81. The largest absolute Gasteiger partial charge is 0.394 e. The van der Waals surface area contributed by atoms with E-state index in [4.69, 9.17) is 17.5 Å². The minimum absolute atomic E-state index is 0.283. The summed E-state index contributed by atoms with van der Waals surface area (Å²) in [5, 5.41) is 0. The summed E-state index contributed by atoms with van der Waals surface area (Å²) in [5.41, 5.74) is 3.15. The molecule has 1 unspecified atom stereocenters. The van der Waals surface area contributed by atoms with Gasteiger partial charge < -0.3 is 4.90 Å². The van der Waals surface area contributed by atoms with Crippen molar-refractivity contribution in [1.29, 1.82) is 0 Å². The molecule has 1 heterocycles. The highest BCUT2D eigenvalue weighted by molar-refractivity contribution is 7.79. The van der Waals surface area contributed by atoms with E-state index in [-0.39, 0.29) is 5.41 Å². The lowest BCUT2D eigenvalue weighted by molar-refractivity contribution is 0.381. The second-order valence-electron chi connectivity index (χ2n) is 4.97. The van der Waals surface area contributed by atoms with E-state index in [1.807, 2.05) is 0 Å². The van der Waals surface area contributed by atoms with Crippen molar-refractivity contribution in [3.8, 4) is 0 Å². The first-order chi connectivity index (χ1) is 8.05. The third-order valence-corrected chi connectivity index (χ3v) is 3.60. The summed E-state index contributed by atoms with van der Waals surface area (Å²) in [5.74, 6) is 0. The lowest BCUT2D eigenvalue weighted by Gasteiger charge is -2.28. The average Bonchev–Trinajstić information content (AvgIpc) is 2.40. The van der Waals surface area contributed by atoms with Crippen molar-refractivity contribution in [3.05, 3.63) is 29.8 Å². The smallest absolute Gasteiger partial charge is 0.371 e. The van der Waals surface area contributed by atoms with E-state index in [2.05, 4.69) is 57.0 Å². The number of para-hydroxylation sites is 1. The highest BCUT2D eigenvalue weighted by atomic mass is 32.3. The summed E-state index contributed by atoms with van der Waals surface area (Å²) in [6.45, 7) is 6.93. The van der Waals surface area contributed by atoms with Gasteiger partial charge in [-0.2, -0.15) is 8.42 Å². The van der Waals surface area contributed by atoms with Crippen molar-refractivity contribution >= 4 is 16.1 Å². The molecule has 2 N–H and O–H groups in total. The zero-order chi connectivity index (χ0) is 14.1. The van der Waals surface area contributed by atoms with Gasteiger partial charge in [0.1, 0.15) is 0 Å². The fourth-order valence-electron chi connectivity index (χ4n) is 2.24. The van der Waals surface area contributed by atoms with Crippen LogP contribution in [0.25, 0.3) is 0 Å². The van der Waals surface area contributed by atoms with Gasteiger partial charge in [-0.25, -0.2) is 0 Å². The zero-order valence-corrected chi connectivity index (χ0v) is 11.8. The van der Waals surface area contributed by atoms with Crippen LogP contribution in [0.5, 0.6) is 0 Å². The number of hydrogen-bond acceptors (Lipinski definition) is 3. The Labute approximate surface area is 108 Å². The highest BCUT2D eigenvalue weighted by Crippen LogP contribution is 2.43. The molecule has 18 heavy (non-hydrogen) atoms. The van der Waals surface area contributed by atoms with Crippen LogP contribution in [-0.4, -0.2) is 30.6 Å². The van der Waals surface area contributed by atoms with Gasteiger partial charge in [-0.3, -0.25) is 9.11 Å². The monoisotopic (exact) mass is 273 g/mol. The van der Waals surface area contributed by atoms with Gasteiger partial charge >= 0.3 is 10.4 Å². The van der Waals surface area contributed by atoms with Crippen LogP contribution < -0.4 is 4.90 Å². The maximum absolute atomic E-state index is 8.74. The number of fused-ring (bicyclic) bond motifs is 1. The van der Waals surface area contributed by atoms with Crippen LogP contribution in [0, 0.1) is 0 Å². The SMILES string of the molecule is CC1N(C)c2ccccc2C1(C)C.O=S(=O)(O)O. The number of nitrogens with zero attached hydrogens (tertiary/aromatic N) is 1. The average molecular weight is 273 g/mol. The Kier molecular flexibility index (Phi) is 4.05. The van der Waals surface area contributed by atoms with Crippen molar-refractivity contribution < 1.29 is 17.5 Å². The van der Waals surface area contributed by atoms with E-state index in [0.29, 0.717) is 6.04 Å². The number of benzene rings is 1. The molecule has 0 amide bonds. The van der Waals surface area contributed by atoms with E-state index in [1.165, 1.54) is 11.3 Å². The van der Waals surface area contributed by atoms with Crippen molar-refractivity contribution in [2.45, 2.75) is 32.2 Å². The molecule has 6 heteroatoms. The second kappa shape index (κ2) is 4.87. The number of likely N-dealkylation sites (N-methyl/N-ethyl adjacent to an activating group) is 1. The molecule has 1 atom stereocenters.